The monoisotopic (exact) mass is 498 g/mol. The molecule has 0 saturated carbocycles. The summed E-state index contributed by atoms with van der Waals surface area (Å²) >= 11 is 1.29. The molecule has 1 fully saturated rings. The molecule has 9 nitrogen and oxygen atoms in total. The number of fused-ring (bicyclic) bond motifs is 3. The molecule has 1 aromatic carbocycles. The molecule has 1 saturated heterocycles. The molecule has 1 aliphatic rings. The summed E-state index contributed by atoms with van der Waals surface area (Å²) in [6.07, 6.45) is 0.763. The SMILES string of the molecule is CC(C)CCn1c(=O)c2sccc2n2c(=O)n(CC(=O)N3CCN(c4ccccc4F)CC3)nc12. The number of benzene rings is 1. The summed E-state index contributed by atoms with van der Waals surface area (Å²) < 4.78 is 18.7. The number of aromatic nitrogens is 4. The minimum absolute atomic E-state index is 0.170. The van der Waals surface area contributed by atoms with E-state index in [0.717, 1.165) is 11.1 Å². The molecule has 35 heavy (non-hydrogen) atoms. The minimum Gasteiger partial charge on any atom is -0.366 e. The maximum atomic E-state index is 14.1. The van der Waals surface area contributed by atoms with Gasteiger partial charge < -0.3 is 9.80 Å². The highest BCUT2D eigenvalue weighted by molar-refractivity contribution is 7.17. The number of carbonyl (C=O) groups is 1. The Morgan fingerprint density at radius 3 is 2.57 bits per heavy atom. The second-order valence-electron chi connectivity index (χ2n) is 9.17. The van der Waals surface area contributed by atoms with Crippen LogP contribution < -0.4 is 16.1 Å². The van der Waals surface area contributed by atoms with Crippen molar-refractivity contribution in [1.82, 2.24) is 23.6 Å². The smallest absolute Gasteiger partial charge is 0.352 e. The highest BCUT2D eigenvalue weighted by Crippen LogP contribution is 2.21. The Hall–Kier alpha value is -3.47. The number of halogens is 1. The predicted molar refractivity (Wildman–Crippen MR) is 134 cm³/mol. The van der Waals surface area contributed by atoms with Gasteiger partial charge in [0, 0.05) is 32.7 Å². The summed E-state index contributed by atoms with van der Waals surface area (Å²) in [7, 11) is 0. The van der Waals surface area contributed by atoms with Crippen LogP contribution in [0.4, 0.5) is 10.1 Å². The van der Waals surface area contributed by atoms with Crippen molar-refractivity contribution in [3.63, 3.8) is 0 Å². The van der Waals surface area contributed by atoms with E-state index in [9.17, 15) is 18.8 Å². The second kappa shape index (κ2) is 9.29. The third kappa shape index (κ3) is 4.24. The van der Waals surface area contributed by atoms with Crippen LogP contribution in [0, 0.1) is 11.7 Å². The van der Waals surface area contributed by atoms with Crippen LogP contribution in [-0.2, 0) is 17.9 Å². The van der Waals surface area contributed by atoms with E-state index in [2.05, 4.69) is 18.9 Å². The third-order valence-electron chi connectivity index (χ3n) is 6.43. The van der Waals surface area contributed by atoms with Gasteiger partial charge in [0.05, 0.1) is 11.2 Å². The van der Waals surface area contributed by atoms with Gasteiger partial charge in [0.25, 0.3) is 5.56 Å². The first kappa shape index (κ1) is 23.3. The van der Waals surface area contributed by atoms with Gasteiger partial charge in [-0.15, -0.1) is 16.4 Å². The Bertz CT molecular complexity index is 1510. The molecule has 3 aromatic heterocycles. The summed E-state index contributed by atoms with van der Waals surface area (Å²) in [4.78, 5) is 43.0. The number of rotatable bonds is 6. The van der Waals surface area contributed by atoms with Crippen LogP contribution in [0.3, 0.4) is 0 Å². The Labute approximate surface area is 204 Å². The standard InChI is InChI=1S/C24H27FN6O3S/c1-16(2)7-9-29-22(33)21-19(8-14-35-21)31-23(29)26-30(24(31)34)15-20(32)28-12-10-27(11-13-28)18-6-4-3-5-17(18)25/h3-6,8,14,16H,7,9-13,15H2,1-2H3. The summed E-state index contributed by atoms with van der Waals surface area (Å²) in [6.45, 7) is 6.20. The zero-order chi connectivity index (χ0) is 24.7. The number of thiophene rings is 1. The lowest BCUT2D eigenvalue weighted by molar-refractivity contribution is -0.132. The Balaban J connectivity index is 1.40. The van der Waals surface area contributed by atoms with E-state index in [1.165, 1.54) is 26.4 Å². The van der Waals surface area contributed by atoms with Crippen molar-refractivity contribution in [1.29, 1.82) is 0 Å². The van der Waals surface area contributed by atoms with Gasteiger partial charge in [0.1, 0.15) is 17.1 Å². The topological polar surface area (TPSA) is 84.8 Å². The van der Waals surface area contributed by atoms with Gasteiger partial charge in [-0.25, -0.2) is 18.3 Å². The van der Waals surface area contributed by atoms with E-state index in [-0.39, 0.29) is 29.6 Å². The van der Waals surface area contributed by atoms with E-state index in [1.807, 2.05) is 4.90 Å². The van der Waals surface area contributed by atoms with Gasteiger partial charge in [0.15, 0.2) is 0 Å². The predicted octanol–water partition coefficient (Wildman–Crippen LogP) is 2.41. The van der Waals surface area contributed by atoms with Gasteiger partial charge >= 0.3 is 5.69 Å². The lowest BCUT2D eigenvalue weighted by atomic mass is 10.1. The molecule has 0 unspecified atom stereocenters. The van der Waals surface area contributed by atoms with Crippen molar-refractivity contribution in [3.05, 3.63) is 62.4 Å². The summed E-state index contributed by atoms with van der Waals surface area (Å²) in [5.74, 6) is 0.108. The molecule has 11 heteroatoms. The average molecular weight is 499 g/mol. The van der Waals surface area contributed by atoms with Crippen LogP contribution >= 0.6 is 11.3 Å². The molecule has 4 aromatic rings. The highest BCUT2D eigenvalue weighted by Gasteiger charge is 2.25. The van der Waals surface area contributed by atoms with Crippen molar-refractivity contribution in [3.8, 4) is 0 Å². The quantitative estimate of drug-likeness (QED) is 0.408. The molecule has 5 rings (SSSR count). The molecule has 0 spiro atoms. The molecule has 0 atom stereocenters. The van der Waals surface area contributed by atoms with Crippen LogP contribution in [0.2, 0.25) is 0 Å². The van der Waals surface area contributed by atoms with E-state index < -0.39 is 5.69 Å². The Kier molecular flexibility index (Phi) is 6.18. The molecular formula is C24H27FN6O3S. The third-order valence-corrected chi connectivity index (χ3v) is 7.32. The molecule has 0 aliphatic carbocycles. The number of amides is 1. The number of para-hydroxylation sites is 1. The van der Waals surface area contributed by atoms with Crippen LogP contribution in [0.5, 0.6) is 0 Å². The van der Waals surface area contributed by atoms with Gasteiger partial charge in [-0.05, 0) is 35.9 Å². The number of nitrogens with zero attached hydrogens (tertiary/aromatic N) is 6. The lowest BCUT2D eigenvalue weighted by Gasteiger charge is -2.36. The molecule has 0 bridgehead atoms. The zero-order valence-corrected chi connectivity index (χ0v) is 20.5. The average Bonchev–Trinajstić information content (AvgIpc) is 3.44. The van der Waals surface area contributed by atoms with Crippen molar-refractivity contribution in [2.24, 2.45) is 5.92 Å². The van der Waals surface area contributed by atoms with Gasteiger partial charge in [-0.2, -0.15) is 0 Å². The highest BCUT2D eigenvalue weighted by atomic mass is 32.1. The fourth-order valence-corrected chi connectivity index (χ4v) is 5.28. The number of aryl methyl sites for hydroxylation is 1. The van der Waals surface area contributed by atoms with E-state index >= 15 is 0 Å². The first-order valence-corrected chi connectivity index (χ1v) is 12.6. The first-order valence-electron chi connectivity index (χ1n) is 11.7. The van der Waals surface area contributed by atoms with Gasteiger partial charge in [-0.1, -0.05) is 26.0 Å². The van der Waals surface area contributed by atoms with Crippen LogP contribution in [-0.4, -0.2) is 55.7 Å². The fourth-order valence-electron chi connectivity index (χ4n) is 4.46. The van der Waals surface area contributed by atoms with E-state index in [0.29, 0.717) is 54.5 Å². The molecule has 1 amide bonds. The van der Waals surface area contributed by atoms with Gasteiger partial charge in [0.2, 0.25) is 11.7 Å². The molecule has 1 aliphatic heterocycles. The maximum Gasteiger partial charge on any atom is 0.352 e. The Morgan fingerprint density at radius 1 is 1.11 bits per heavy atom. The van der Waals surface area contributed by atoms with E-state index in [4.69, 9.17) is 0 Å². The number of anilines is 1. The largest absolute Gasteiger partial charge is 0.366 e. The van der Waals surface area contributed by atoms with Crippen molar-refractivity contribution in [2.45, 2.75) is 33.4 Å². The summed E-state index contributed by atoms with van der Waals surface area (Å²) in [5.41, 5.74) is 0.421. The molecule has 184 valence electrons. The molecule has 4 heterocycles. The number of carbonyl (C=O) groups excluding carboxylic acids is 1. The zero-order valence-electron chi connectivity index (χ0n) is 19.7. The van der Waals surface area contributed by atoms with Crippen molar-refractivity contribution < 1.29 is 9.18 Å². The van der Waals surface area contributed by atoms with Crippen LogP contribution in [0.25, 0.3) is 16.0 Å². The lowest BCUT2D eigenvalue weighted by Crippen LogP contribution is -2.50. The number of hydrogen-bond acceptors (Lipinski definition) is 6. The van der Waals surface area contributed by atoms with Crippen molar-refractivity contribution in [2.75, 3.05) is 31.1 Å². The first-order chi connectivity index (χ1) is 16.8. The normalized spacial score (nSPS) is 14.5. The maximum absolute atomic E-state index is 14.1. The fraction of sp³-hybridized carbons (Fsp3) is 0.417. The molecular weight excluding hydrogens is 471 g/mol. The van der Waals surface area contributed by atoms with Crippen LogP contribution in [0.1, 0.15) is 20.3 Å². The summed E-state index contributed by atoms with van der Waals surface area (Å²) in [6, 6.07) is 8.33. The second-order valence-corrected chi connectivity index (χ2v) is 10.1. The van der Waals surface area contributed by atoms with Crippen molar-refractivity contribution >= 4 is 38.9 Å². The van der Waals surface area contributed by atoms with E-state index in [1.54, 1.807) is 34.5 Å². The Morgan fingerprint density at radius 2 is 1.86 bits per heavy atom. The molecule has 0 radical (unpaired) electrons. The minimum atomic E-state index is -0.444. The van der Waals surface area contributed by atoms with Gasteiger partial charge in [-0.3, -0.25) is 14.2 Å². The molecule has 0 N–H and O–H groups in total. The van der Waals surface area contributed by atoms with Crippen LogP contribution in [0.15, 0.2) is 45.3 Å². The summed E-state index contributed by atoms with van der Waals surface area (Å²) in [5, 5.41) is 6.20. The number of hydrogen-bond donors (Lipinski definition) is 0. The number of piperazine rings is 1.